The molecule has 0 amide bonds. The van der Waals surface area contributed by atoms with Gasteiger partial charge in [0.05, 0.1) is 22.5 Å². The van der Waals surface area contributed by atoms with E-state index in [2.05, 4.69) is 20.5 Å². The summed E-state index contributed by atoms with van der Waals surface area (Å²) in [6.07, 6.45) is 3.81. The third-order valence-electron chi connectivity index (χ3n) is 4.42. The van der Waals surface area contributed by atoms with Crippen molar-refractivity contribution < 1.29 is 31.0 Å². The largest absolute Gasteiger partial charge is 0.505 e. The highest BCUT2D eigenvalue weighted by atomic mass is 32.2. The molecular weight excluding hydrogens is 460 g/mol. The van der Waals surface area contributed by atoms with Crippen molar-refractivity contribution in [3.8, 4) is 5.75 Å². The average Bonchev–Trinajstić information content (AvgIpc) is 2.71. The Morgan fingerprint density at radius 1 is 0.969 bits per heavy atom. The molecule has 172 valence electrons. The summed E-state index contributed by atoms with van der Waals surface area (Å²) in [5, 5.41) is 25.8. The molecule has 0 aliphatic rings. The van der Waals surface area contributed by atoms with Gasteiger partial charge in [-0.3, -0.25) is 9.11 Å². The van der Waals surface area contributed by atoms with E-state index in [4.69, 9.17) is 0 Å². The van der Waals surface area contributed by atoms with Crippen LogP contribution in [0, 0.1) is 0 Å². The lowest BCUT2D eigenvalue weighted by Crippen LogP contribution is -2.03. The van der Waals surface area contributed by atoms with Gasteiger partial charge in [-0.25, -0.2) is 0 Å². The van der Waals surface area contributed by atoms with Crippen molar-refractivity contribution in [1.29, 1.82) is 0 Å². The monoisotopic (exact) mass is 482 g/mol. The van der Waals surface area contributed by atoms with E-state index in [9.17, 15) is 31.0 Å². The molecule has 2 rings (SSSR count). The van der Waals surface area contributed by atoms with Crippen LogP contribution in [0.3, 0.4) is 0 Å². The van der Waals surface area contributed by atoms with Gasteiger partial charge in [0.25, 0.3) is 20.2 Å². The number of hydrogen-bond donors (Lipinski definition) is 3. The number of rotatable bonds is 7. The summed E-state index contributed by atoms with van der Waals surface area (Å²) < 4.78 is 67.0. The lowest BCUT2D eigenvalue weighted by molar-refractivity contribution is 0.471. The van der Waals surface area contributed by atoms with E-state index in [0.717, 1.165) is 12.1 Å². The summed E-state index contributed by atoms with van der Waals surface area (Å²) in [5.41, 5.74) is 0.304. The number of aromatic hydroxyl groups is 1. The molecule has 32 heavy (non-hydrogen) atoms. The van der Waals surface area contributed by atoms with Crippen molar-refractivity contribution in [2.24, 2.45) is 20.5 Å². The number of fused-ring (bicyclic) bond motifs is 1. The molecule has 2 aromatic carbocycles. The molecule has 0 unspecified atom stereocenters. The maximum atomic E-state index is 12.0. The number of allylic oxidation sites excluding steroid dienone is 4. The Morgan fingerprint density at radius 3 is 2.09 bits per heavy atom. The van der Waals surface area contributed by atoms with Crippen molar-refractivity contribution in [1.82, 2.24) is 0 Å². The van der Waals surface area contributed by atoms with Crippen LogP contribution in [0.1, 0.15) is 34.1 Å². The first-order valence-corrected chi connectivity index (χ1v) is 12.1. The van der Waals surface area contributed by atoms with Crippen LogP contribution in [0.15, 0.2) is 72.0 Å². The highest BCUT2D eigenvalue weighted by Gasteiger charge is 2.27. The lowest BCUT2D eigenvalue weighted by atomic mass is 10.1. The van der Waals surface area contributed by atoms with Gasteiger partial charge < -0.3 is 5.11 Å². The molecule has 3 N–H and O–H groups in total. The Balaban J connectivity index is 3.10. The number of phenolic OH excluding ortho intramolecular Hbond substituents is 1. The van der Waals surface area contributed by atoms with E-state index < -0.39 is 46.9 Å². The van der Waals surface area contributed by atoms with Gasteiger partial charge in [0, 0.05) is 5.39 Å². The number of phenols is 1. The number of azo groups is 2. The van der Waals surface area contributed by atoms with Crippen LogP contribution in [-0.4, -0.2) is 31.0 Å². The van der Waals surface area contributed by atoms with Crippen LogP contribution in [0.4, 0.5) is 11.4 Å². The van der Waals surface area contributed by atoms with Gasteiger partial charge in [0.2, 0.25) is 0 Å². The Hall–Kier alpha value is -3.00. The minimum Gasteiger partial charge on any atom is -0.505 e. The summed E-state index contributed by atoms with van der Waals surface area (Å²) in [4.78, 5) is -1.61. The molecule has 0 radical (unpaired) electrons. The van der Waals surface area contributed by atoms with Crippen molar-refractivity contribution in [3.63, 3.8) is 0 Å². The van der Waals surface area contributed by atoms with E-state index in [1.165, 1.54) is 6.07 Å². The minimum atomic E-state index is -4.98. The fraction of sp³-hybridized carbons (Fsp3) is 0.263. The minimum absolute atomic E-state index is 0.0289. The van der Waals surface area contributed by atoms with Crippen molar-refractivity contribution in [3.05, 3.63) is 41.7 Å². The van der Waals surface area contributed by atoms with Crippen LogP contribution in [0.25, 0.3) is 10.8 Å². The highest BCUT2D eigenvalue weighted by Crippen LogP contribution is 2.46. The van der Waals surface area contributed by atoms with Crippen LogP contribution in [0.2, 0.25) is 0 Å². The molecule has 0 aromatic heterocycles. The fourth-order valence-corrected chi connectivity index (χ4v) is 3.98. The third kappa shape index (κ3) is 5.43. The molecule has 0 saturated carbocycles. The van der Waals surface area contributed by atoms with Crippen LogP contribution in [-0.2, 0) is 20.2 Å². The summed E-state index contributed by atoms with van der Waals surface area (Å²) >= 11 is 0. The Kier molecular flexibility index (Phi) is 7.62. The third-order valence-corrected chi connectivity index (χ3v) is 6.20. The van der Waals surface area contributed by atoms with Crippen molar-refractivity contribution >= 4 is 42.4 Å². The van der Waals surface area contributed by atoms with Gasteiger partial charge in [-0.2, -0.15) is 32.2 Å². The molecule has 0 bridgehead atoms. The average molecular weight is 483 g/mol. The quantitative estimate of drug-likeness (QED) is 0.347. The molecule has 0 atom stereocenters. The summed E-state index contributed by atoms with van der Waals surface area (Å²) in [6.45, 7) is 6.80. The van der Waals surface area contributed by atoms with E-state index in [1.807, 2.05) is 6.92 Å². The number of hydrogen-bond acceptors (Lipinski definition) is 9. The van der Waals surface area contributed by atoms with E-state index >= 15 is 0 Å². The Bertz CT molecular complexity index is 1390. The zero-order valence-corrected chi connectivity index (χ0v) is 19.3. The van der Waals surface area contributed by atoms with Crippen molar-refractivity contribution in [2.45, 2.75) is 43.9 Å². The summed E-state index contributed by atoms with van der Waals surface area (Å²) in [7, 11) is -9.83. The number of benzene rings is 2. The SMILES string of the molecule is CC=C(C)N=Nc1c(S(=O)(=O)O)cc2c(S(=O)(=O)O)ccc(N=N/C(=C\C)CC)c2c1O. The van der Waals surface area contributed by atoms with Gasteiger partial charge in [-0.1, -0.05) is 19.1 Å². The number of nitrogens with zero attached hydrogens (tertiary/aromatic N) is 4. The predicted molar refractivity (Wildman–Crippen MR) is 118 cm³/mol. The Labute approximate surface area is 185 Å². The topological polar surface area (TPSA) is 178 Å². The molecule has 0 heterocycles. The molecule has 11 nitrogen and oxygen atoms in total. The lowest BCUT2D eigenvalue weighted by Gasteiger charge is -2.12. The molecule has 0 saturated heterocycles. The highest BCUT2D eigenvalue weighted by molar-refractivity contribution is 7.86. The first-order valence-electron chi connectivity index (χ1n) is 9.24. The smallest absolute Gasteiger partial charge is 0.296 e. The normalized spacial score (nSPS) is 14.2. The summed E-state index contributed by atoms with van der Waals surface area (Å²) in [5.74, 6) is -0.819. The molecule has 0 spiro atoms. The summed E-state index contributed by atoms with van der Waals surface area (Å²) in [6, 6.07) is 2.93. The van der Waals surface area contributed by atoms with Crippen LogP contribution in [0.5, 0.6) is 5.75 Å². The fourth-order valence-electron chi connectivity index (χ4n) is 2.65. The molecule has 2 aromatic rings. The first kappa shape index (κ1) is 25.3. The van der Waals surface area contributed by atoms with Crippen LogP contribution < -0.4 is 0 Å². The first-order chi connectivity index (χ1) is 14.8. The predicted octanol–water partition coefficient (Wildman–Crippen LogP) is 5.44. The second-order valence-corrected chi connectivity index (χ2v) is 9.27. The van der Waals surface area contributed by atoms with E-state index in [0.29, 0.717) is 17.8 Å². The van der Waals surface area contributed by atoms with Crippen LogP contribution >= 0.6 is 0 Å². The zero-order valence-electron chi connectivity index (χ0n) is 17.7. The second kappa shape index (κ2) is 9.65. The Morgan fingerprint density at radius 2 is 1.59 bits per heavy atom. The molecule has 0 aliphatic heterocycles. The van der Waals surface area contributed by atoms with Crippen molar-refractivity contribution in [2.75, 3.05) is 0 Å². The second-order valence-electron chi connectivity index (χ2n) is 6.49. The maximum Gasteiger partial charge on any atom is 0.296 e. The molecule has 0 aliphatic carbocycles. The standard InChI is InChI=1S/C19H22N4O7S2/c1-5-11(4)20-23-18-16(32(28,29)30)10-13-15(31(25,26)27)9-8-14(17(13)19(18)24)22-21-12(6-2)7-3/h5-6,8-10,24H,7H2,1-4H3,(H,25,26,27)(H,28,29,30)/b11-5?,12-6-,22-21?,23-20?. The molecular formula is C19H22N4O7S2. The van der Waals surface area contributed by atoms with Gasteiger partial charge >= 0.3 is 0 Å². The zero-order chi connectivity index (χ0) is 24.3. The maximum absolute atomic E-state index is 12.0. The van der Waals surface area contributed by atoms with Gasteiger partial charge in [0.15, 0.2) is 5.75 Å². The molecule has 0 fully saturated rings. The van der Waals surface area contributed by atoms with Gasteiger partial charge in [0.1, 0.15) is 15.5 Å². The van der Waals surface area contributed by atoms with Gasteiger partial charge in [-0.15, -0.1) is 5.11 Å². The molecule has 13 heteroatoms. The van der Waals surface area contributed by atoms with E-state index in [-0.39, 0.29) is 11.1 Å². The van der Waals surface area contributed by atoms with E-state index in [1.54, 1.807) is 32.9 Å². The van der Waals surface area contributed by atoms with Gasteiger partial charge in [-0.05, 0) is 45.4 Å².